The molecule has 0 aliphatic carbocycles. The summed E-state index contributed by atoms with van der Waals surface area (Å²) in [6.45, 7) is 3.26. The molecular weight excluding hydrogens is 242 g/mol. The fourth-order valence-corrected chi connectivity index (χ4v) is 2.69. The second kappa shape index (κ2) is 5.00. The predicted molar refractivity (Wildman–Crippen MR) is 74.8 cm³/mol. The molecule has 2 aromatic rings. The van der Waals surface area contributed by atoms with Crippen molar-refractivity contribution in [2.75, 3.05) is 16.9 Å². The summed E-state index contributed by atoms with van der Waals surface area (Å²) in [7, 11) is 0. The molecule has 7 heteroatoms. The predicted octanol–water partition coefficient (Wildman–Crippen LogP) is 1.41. The Morgan fingerprint density at radius 3 is 3.11 bits per heavy atom. The maximum atomic E-state index is 5.45. The second-order valence-corrected chi connectivity index (χ2v) is 5.04. The quantitative estimate of drug-likeness (QED) is 0.558. The molecule has 1 saturated heterocycles. The van der Waals surface area contributed by atoms with E-state index < -0.39 is 0 Å². The summed E-state index contributed by atoms with van der Waals surface area (Å²) in [6, 6.07) is 0.473. The van der Waals surface area contributed by atoms with E-state index in [0.717, 1.165) is 23.4 Å². The van der Waals surface area contributed by atoms with E-state index >= 15 is 0 Å². The Hall–Kier alpha value is -1.89. The number of aromatic amines is 1. The van der Waals surface area contributed by atoms with Gasteiger partial charge in [-0.05, 0) is 19.8 Å². The molecule has 1 atom stereocenters. The Labute approximate surface area is 111 Å². The van der Waals surface area contributed by atoms with E-state index in [1.165, 1.54) is 25.7 Å². The second-order valence-electron chi connectivity index (χ2n) is 5.04. The minimum absolute atomic E-state index is 0.420. The molecule has 0 radical (unpaired) electrons. The van der Waals surface area contributed by atoms with Crippen LogP contribution in [0.4, 0.5) is 11.8 Å². The lowest BCUT2D eigenvalue weighted by molar-refractivity contribution is 0.612. The third kappa shape index (κ3) is 2.21. The molecule has 0 spiro atoms. The Morgan fingerprint density at radius 2 is 2.26 bits per heavy atom. The van der Waals surface area contributed by atoms with Gasteiger partial charge in [-0.2, -0.15) is 15.1 Å². The number of hydrazine groups is 1. The third-order valence-corrected chi connectivity index (χ3v) is 3.74. The molecule has 1 unspecified atom stereocenters. The van der Waals surface area contributed by atoms with E-state index in [-0.39, 0.29) is 0 Å². The number of nitrogens with one attached hydrogen (secondary N) is 2. The SMILES string of the molecule is CC1CCCCCN1c1nc(NN)nc2[nH]ncc12. The van der Waals surface area contributed by atoms with Crippen LogP contribution in [-0.4, -0.2) is 32.8 Å². The Bertz CT molecular complexity index is 564. The normalized spacial score (nSPS) is 20.5. The van der Waals surface area contributed by atoms with Gasteiger partial charge in [0.1, 0.15) is 5.82 Å². The van der Waals surface area contributed by atoms with Crippen LogP contribution in [0.5, 0.6) is 0 Å². The first-order chi connectivity index (χ1) is 9.29. The van der Waals surface area contributed by atoms with Crippen molar-refractivity contribution in [3.8, 4) is 0 Å². The molecule has 0 bridgehead atoms. The highest BCUT2D eigenvalue weighted by Gasteiger charge is 2.22. The number of aromatic nitrogens is 4. The van der Waals surface area contributed by atoms with Gasteiger partial charge >= 0.3 is 0 Å². The highest BCUT2D eigenvalue weighted by molar-refractivity contribution is 5.87. The third-order valence-electron chi connectivity index (χ3n) is 3.74. The molecule has 3 rings (SSSR count). The number of H-pyrrole nitrogens is 1. The van der Waals surface area contributed by atoms with Crippen LogP contribution in [0.3, 0.4) is 0 Å². The molecule has 102 valence electrons. The highest BCUT2D eigenvalue weighted by atomic mass is 15.3. The van der Waals surface area contributed by atoms with Gasteiger partial charge in [0.05, 0.1) is 11.6 Å². The smallest absolute Gasteiger partial charge is 0.241 e. The van der Waals surface area contributed by atoms with Gasteiger partial charge in [-0.3, -0.25) is 10.5 Å². The minimum Gasteiger partial charge on any atom is -0.353 e. The van der Waals surface area contributed by atoms with Crippen molar-refractivity contribution in [3.63, 3.8) is 0 Å². The Morgan fingerprint density at radius 1 is 1.37 bits per heavy atom. The van der Waals surface area contributed by atoms with Gasteiger partial charge in [0.25, 0.3) is 0 Å². The van der Waals surface area contributed by atoms with E-state index in [9.17, 15) is 0 Å². The van der Waals surface area contributed by atoms with Crippen molar-refractivity contribution in [3.05, 3.63) is 6.20 Å². The molecule has 1 fully saturated rings. The van der Waals surface area contributed by atoms with Crippen LogP contribution >= 0.6 is 0 Å². The van der Waals surface area contributed by atoms with Gasteiger partial charge in [-0.25, -0.2) is 5.84 Å². The Kier molecular flexibility index (Phi) is 3.20. The van der Waals surface area contributed by atoms with E-state index in [1.54, 1.807) is 6.20 Å². The topological polar surface area (TPSA) is 95.8 Å². The van der Waals surface area contributed by atoms with Crippen molar-refractivity contribution in [1.82, 2.24) is 20.2 Å². The summed E-state index contributed by atoms with van der Waals surface area (Å²) in [5.74, 6) is 6.78. The summed E-state index contributed by atoms with van der Waals surface area (Å²) < 4.78 is 0. The molecule has 7 nitrogen and oxygen atoms in total. The largest absolute Gasteiger partial charge is 0.353 e. The lowest BCUT2D eigenvalue weighted by Crippen LogP contribution is -2.33. The van der Waals surface area contributed by atoms with Gasteiger partial charge in [-0.1, -0.05) is 12.8 Å². The van der Waals surface area contributed by atoms with Crippen LogP contribution in [0.1, 0.15) is 32.6 Å². The van der Waals surface area contributed by atoms with Crippen molar-refractivity contribution < 1.29 is 0 Å². The van der Waals surface area contributed by atoms with Crippen LogP contribution in [-0.2, 0) is 0 Å². The zero-order valence-corrected chi connectivity index (χ0v) is 11.1. The van der Waals surface area contributed by atoms with E-state index in [0.29, 0.717) is 12.0 Å². The fraction of sp³-hybridized carbons (Fsp3) is 0.583. The van der Waals surface area contributed by atoms with Gasteiger partial charge < -0.3 is 4.90 Å². The number of nitrogens with two attached hydrogens (primary N) is 1. The number of fused-ring (bicyclic) bond motifs is 1. The first kappa shape index (κ1) is 12.2. The van der Waals surface area contributed by atoms with Crippen molar-refractivity contribution in [1.29, 1.82) is 0 Å². The monoisotopic (exact) mass is 261 g/mol. The van der Waals surface area contributed by atoms with Crippen molar-refractivity contribution in [2.24, 2.45) is 5.84 Å². The number of nitrogens with zero attached hydrogens (tertiary/aromatic N) is 4. The van der Waals surface area contributed by atoms with E-state index in [1.807, 2.05) is 0 Å². The van der Waals surface area contributed by atoms with Gasteiger partial charge in [0.2, 0.25) is 5.95 Å². The summed E-state index contributed by atoms with van der Waals surface area (Å²) in [5, 5.41) is 7.89. The van der Waals surface area contributed by atoms with Crippen LogP contribution in [0.15, 0.2) is 6.20 Å². The van der Waals surface area contributed by atoms with E-state index in [2.05, 4.69) is 37.4 Å². The first-order valence-corrected chi connectivity index (χ1v) is 6.74. The minimum atomic E-state index is 0.420. The standard InChI is InChI=1S/C12H19N7/c1-8-5-3-2-4-6-19(8)11-9-7-14-18-10(9)15-12(16-11)17-13/h7-8H,2-6,13H2,1H3,(H2,14,15,16,17,18). The van der Waals surface area contributed by atoms with Crippen molar-refractivity contribution in [2.45, 2.75) is 38.6 Å². The molecule has 2 aromatic heterocycles. The number of anilines is 2. The zero-order chi connectivity index (χ0) is 13.2. The van der Waals surface area contributed by atoms with Gasteiger partial charge in [-0.15, -0.1) is 0 Å². The van der Waals surface area contributed by atoms with Crippen molar-refractivity contribution >= 4 is 22.8 Å². The number of hydrogen-bond donors (Lipinski definition) is 3. The fourth-order valence-electron chi connectivity index (χ4n) is 2.69. The van der Waals surface area contributed by atoms with Crippen LogP contribution in [0.2, 0.25) is 0 Å². The summed E-state index contributed by atoms with van der Waals surface area (Å²) in [5.41, 5.74) is 3.24. The molecule has 19 heavy (non-hydrogen) atoms. The molecule has 4 N–H and O–H groups in total. The summed E-state index contributed by atoms with van der Waals surface area (Å²) >= 11 is 0. The number of nitrogen functional groups attached to an aromatic ring is 1. The molecular formula is C12H19N7. The Balaban J connectivity index is 2.08. The average molecular weight is 261 g/mol. The lowest BCUT2D eigenvalue weighted by atomic mass is 10.1. The molecule has 3 heterocycles. The molecule has 1 aliphatic rings. The molecule has 0 aromatic carbocycles. The highest BCUT2D eigenvalue weighted by Crippen LogP contribution is 2.28. The van der Waals surface area contributed by atoms with Gasteiger partial charge in [0.15, 0.2) is 5.65 Å². The molecule has 1 aliphatic heterocycles. The maximum absolute atomic E-state index is 5.45. The van der Waals surface area contributed by atoms with Crippen LogP contribution in [0.25, 0.3) is 11.0 Å². The van der Waals surface area contributed by atoms with Crippen LogP contribution < -0.4 is 16.2 Å². The maximum Gasteiger partial charge on any atom is 0.241 e. The summed E-state index contributed by atoms with van der Waals surface area (Å²) in [4.78, 5) is 11.1. The molecule has 0 amide bonds. The lowest BCUT2D eigenvalue weighted by Gasteiger charge is -2.28. The first-order valence-electron chi connectivity index (χ1n) is 6.74. The molecule has 0 saturated carbocycles. The summed E-state index contributed by atoms with van der Waals surface area (Å²) in [6.07, 6.45) is 6.72. The number of rotatable bonds is 2. The van der Waals surface area contributed by atoms with Crippen LogP contribution in [0, 0.1) is 0 Å². The van der Waals surface area contributed by atoms with Gasteiger partial charge in [0, 0.05) is 12.6 Å². The van der Waals surface area contributed by atoms with E-state index in [4.69, 9.17) is 5.84 Å². The average Bonchev–Trinajstić information content (AvgIpc) is 2.80. The number of hydrogen-bond acceptors (Lipinski definition) is 6. The zero-order valence-electron chi connectivity index (χ0n) is 11.1.